The number of rotatable bonds is 0. The molecule has 0 heterocycles. The largest absolute Gasteiger partial charge is 0.508 e. The fraction of sp³-hybridized carbons (Fsp3) is 0. The standard InChI is InChI=1S/C14H8O4/c15-7-4-5-8-10(6-7)14(18)12-9(13(8)17)2-1-3-11(12)16/h1-6,15-16H. The molecule has 0 saturated carbocycles. The van der Waals surface area contributed by atoms with Gasteiger partial charge in [-0.2, -0.15) is 0 Å². The molecule has 0 amide bonds. The highest BCUT2D eigenvalue weighted by atomic mass is 16.3. The topological polar surface area (TPSA) is 74.6 Å². The van der Waals surface area contributed by atoms with E-state index in [1.807, 2.05) is 0 Å². The van der Waals surface area contributed by atoms with Crippen molar-refractivity contribution in [3.63, 3.8) is 0 Å². The summed E-state index contributed by atoms with van der Waals surface area (Å²) >= 11 is 0. The van der Waals surface area contributed by atoms with Gasteiger partial charge in [0.25, 0.3) is 0 Å². The van der Waals surface area contributed by atoms with Crippen molar-refractivity contribution >= 4 is 11.6 Å². The van der Waals surface area contributed by atoms with Gasteiger partial charge < -0.3 is 10.2 Å². The number of phenols is 2. The summed E-state index contributed by atoms with van der Waals surface area (Å²) in [6.07, 6.45) is 0. The van der Waals surface area contributed by atoms with Crippen LogP contribution < -0.4 is 0 Å². The second-order valence-electron chi connectivity index (χ2n) is 4.09. The van der Waals surface area contributed by atoms with E-state index in [0.717, 1.165) is 0 Å². The maximum absolute atomic E-state index is 12.2. The van der Waals surface area contributed by atoms with Crippen LogP contribution in [-0.4, -0.2) is 21.8 Å². The number of aromatic hydroxyl groups is 2. The Balaban J connectivity index is 2.36. The second-order valence-corrected chi connectivity index (χ2v) is 4.09. The molecule has 4 nitrogen and oxygen atoms in total. The Morgan fingerprint density at radius 2 is 1.56 bits per heavy atom. The quantitative estimate of drug-likeness (QED) is 0.629. The molecule has 0 radical (unpaired) electrons. The number of benzene rings is 2. The molecular weight excluding hydrogens is 232 g/mol. The lowest BCUT2D eigenvalue weighted by atomic mass is 9.83. The number of hydrogen-bond acceptors (Lipinski definition) is 4. The van der Waals surface area contributed by atoms with Gasteiger partial charge in [0.2, 0.25) is 0 Å². The SMILES string of the molecule is O=C1c2ccc(O)cc2C(=O)c2c(O)cccc21. The highest BCUT2D eigenvalue weighted by molar-refractivity contribution is 6.29. The van der Waals surface area contributed by atoms with Crippen molar-refractivity contribution < 1.29 is 19.8 Å². The third kappa shape index (κ3) is 1.26. The number of hydrogen-bond donors (Lipinski definition) is 2. The van der Waals surface area contributed by atoms with E-state index in [0.29, 0.717) is 0 Å². The van der Waals surface area contributed by atoms with Crippen LogP contribution in [0.5, 0.6) is 11.5 Å². The van der Waals surface area contributed by atoms with Crippen molar-refractivity contribution in [1.29, 1.82) is 0 Å². The monoisotopic (exact) mass is 240 g/mol. The van der Waals surface area contributed by atoms with Crippen molar-refractivity contribution in [2.45, 2.75) is 0 Å². The minimum atomic E-state index is -0.450. The second kappa shape index (κ2) is 3.43. The van der Waals surface area contributed by atoms with Crippen LogP contribution >= 0.6 is 0 Å². The molecule has 0 unspecified atom stereocenters. The molecule has 0 spiro atoms. The minimum absolute atomic E-state index is 0.000556. The molecule has 0 atom stereocenters. The molecule has 0 bridgehead atoms. The van der Waals surface area contributed by atoms with E-state index in [9.17, 15) is 19.8 Å². The van der Waals surface area contributed by atoms with Crippen LogP contribution in [0.25, 0.3) is 0 Å². The maximum atomic E-state index is 12.2. The summed E-state index contributed by atoms with van der Waals surface area (Å²) in [6.45, 7) is 0. The molecule has 0 fully saturated rings. The Morgan fingerprint density at radius 1 is 0.778 bits per heavy atom. The molecule has 2 aromatic carbocycles. The molecule has 0 saturated heterocycles. The molecule has 18 heavy (non-hydrogen) atoms. The van der Waals surface area contributed by atoms with Crippen molar-refractivity contribution in [2.24, 2.45) is 0 Å². The zero-order valence-corrected chi connectivity index (χ0v) is 9.18. The van der Waals surface area contributed by atoms with Gasteiger partial charge in [0.05, 0.1) is 5.56 Å². The summed E-state index contributed by atoms with van der Waals surface area (Å²) in [5.74, 6) is -1.09. The molecule has 3 rings (SSSR count). The first-order chi connectivity index (χ1) is 8.59. The summed E-state index contributed by atoms with van der Waals surface area (Å²) in [4.78, 5) is 24.4. The predicted molar refractivity (Wildman–Crippen MR) is 63.1 cm³/mol. The number of ketones is 2. The first-order valence-electron chi connectivity index (χ1n) is 5.34. The minimum Gasteiger partial charge on any atom is -0.508 e. The van der Waals surface area contributed by atoms with Crippen LogP contribution in [0.4, 0.5) is 0 Å². The molecule has 4 heteroatoms. The third-order valence-corrected chi connectivity index (χ3v) is 3.01. The van der Waals surface area contributed by atoms with Crippen LogP contribution in [-0.2, 0) is 0 Å². The Labute approximate surface area is 102 Å². The van der Waals surface area contributed by atoms with E-state index < -0.39 is 5.78 Å². The van der Waals surface area contributed by atoms with E-state index in [2.05, 4.69) is 0 Å². The molecule has 1 aliphatic rings. The normalized spacial score (nSPS) is 13.1. The van der Waals surface area contributed by atoms with Gasteiger partial charge in [-0.05, 0) is 24.3 Å². The van der Waals surface area contributed by atoms with Gasteiger partial charge in [-0.3, -0.25) is 9.59 Å². The third-order valence-electron chi connectivity index (χ3n) is 3.01. The predicted octanol–water partition coefficient (Wildman–Crippen LogP) is 1.87. The zero-order valence-electron chi connectivity index (χ0n) is 9.18. The number of carbonyl (C=O) groups excluding carboxylic acids is 2. The Kier molecular flexibility index (Phi) is 2.01. The Morgan fingerprint density at radius 3 is 2.33 bits per heavy atom. The summed E-state index contributed by atoms with van der Waals surface area (Å²) in [6, 6.07) is 8.40. The van der Waals surface area contributed by atoms with Gasteiger partial charge in [0.1, 0.15) is 11.5 Å². The lowest BCUT2D eigenvalue weighted by molar-refractivity contribution is 0.0976. The van der Waals surface area contributed by atoms with Crippen LogP contribution in [0, 0.1) is 0 Å². The van der Waals surface area contributed by atoms with Crippen molar-refractivity contribution in [3.8, 4) is 11.5 Å². The van der Waals surface area contributed by atoms with E-state index in [4.69, 9.17) is 0 Å². The van der Waals surface area contributed by atoms with Crippen LogP contribution in [0.3, 0.4) is 0 Å². The van der Waals surface area contributed by atoms with E-state index in [1.54, 1.807) is 0 Å². The van der Waals surface area contributed by atoms with Gasteiger partial charge in [-0.25, -0.2) is 0 Å². The number of phenolic OH excluding ortho intramolecular Hbond substituents is 2. The molecule has 2 aromatic rings. The summed E-state index contributed by atoms with van der Waals surface area (Å²) in [5, 5.41) is 19.1. The van der Waals surface area contributed by atoms with Crippen LogP contribution in [0.2, 0.25) is 0 Å². The van der Waals surface area contributed by atoms with Crippen LogP contribution in [0.15, 0.2) is 36.4 Å². The number of carbonyl (C=O) groups is 2. The van der Waals surface area contributed by atoms with Gasteiger partial charge in [0, 0.05) is 16.7 Å². The van der Waals surface area contributed by atoms with Gasteiger partial charge in [-0.1, -0.05) is 12.1 Å². The fourth-order valence-corrected chi connectivity index (χ4v) is 2.17. The molecule has 2 N–H and O–H groups in total. The van der Waals surface area contributed by atoms with Gasteiger partial charge in [0.15, 0.2) is 11.6 Å². The van der Waals surface area contributed by atoms with E-state index in [1.165, 1.54) is 36.4 Å². The lowest BCUT2D eigenvalue weighted by Crippen LogP contribution is -2.20. The maximum Gasteiger partial charge on any atom is 0.198 e. The Hall–Kier alpha value is -2.62. The first-order valence-corrected chi connectivity index (χ1v) is 5.34. The molecule has 0 aromatic heterocycles. The van der Waals surface area contributed by atoms with E-state index >= 15 is 0 Å². The molecule has 0 aliphatic heterocycles. The summed E-state index contributed by atoms with van der Waals surface area (Å²) < 4.78 is 0. The molecular formula is C14H8O4. The van der Waals surface area contributed by atoms with Gasteiger partial charge in [-0.15, -0.1) is 0 Å². The van der Waals surface area contributed by atoms with Gasteiger partial charge >= 0.3 is 0 Å². The smallest absolute Gasteiger partial charge is 0.198 e. The lowest BCUT2D eigenvalue weighted by Gasteiger charge is -2.18. The summed E-state index contributed by atoms with van der Waals surface area (Å²) in [5.41, 5.74) is 0.559. The van der Waals surface area contributed by atoms with Crippen molar-refractivity contribution in [1.82, 2.24) is 0 Å². The highest BCUT2D eigenvalue weighted by Crippen LogP contribution is 2.33. The molecule has 1 aliphatic carbocycles. The van der Waals surface area contributed by atoms with E-state index in [-0.39, 0.29) is 39.5 Å². The average molecular weight is 240 g/mol. The van der Waals surface area contributed by atoms with Crippen molar-refractivity contribution in [2.75, 3.05) is 0 Å². The van der Waals surface area contributed by atoms with Crippen molar-refractivity contribution in [3.05, 3.63) is 58.7 Å². The Bertz CT molecular complexity index is 701. The summed E-state index contributed by atoms with van der Waals surface area (Å²) in [7, 11) is 0. The zero-order chi connectivity index (χ0) is 12.9. The molecule has 88 valence electrons. The average Bonchev–Trinajstić information content (AvgIpc) is 2.35. The van der Waals surface area contributed by atoms with Crippen LogP contribution in [0.1, 0.15) is 31.8 Å². The highest BCUT2D eigenvalue weighted by Gasteiger charge is 2.31. The first kappa shape index (κ1) is 10.5. The number of fused-ring (bicyclic) bond motifs is 2. The fourth-order valence-electron chi connectivity index (χ4n) is 2.17.